The summed E-state index contributed by atoms with van der Waals surface area (Å²) in [5.74, 6) is -0.183. The fourth-order valence-corrected chi connectivity index (χ4v) is 2.81. The average molecular weight is 242 g/mol. The quantitative estimate of drug-likeness (QED) is 0.741. The monoisotopic (exact) mass is 242 g/mol. The van der Waals surface area contributed by atoms with Gasteiger partial charge in [-0.15, -0.1) is 0 Å². The van der Waals surface area contributed by atoms with E-state index in [4.69, 9.17) is 5.73 Å². The summed E-state index contributed by atoms with van der Waals surface area (Å²) >= 11 is 0. The molecule has 0 saturated heterocycles. The lowest BCUT2D eigenvalue weighted by Crippen LogP contribution is -2.47. The topological polar surface area (TPSA) is 66.6 Å². The second-order valence-electron chi connectivity index (χ2n) is 5.75. The van der Waals surface area contributed by atoms with Crippen LogP contribution in [-0.2, 0) is 4.79 Å². The molecule has 1 aliphatic carbocycles. The zero-order chi connectivity index (χ0) is 13.1. The number of hydrogen-bond donors (Lipinski definition) is 2. The Hall–Kier alpha value is -0.610. The van der Waals surface area contributed by atoms with E-state index >= 15 is 0 Å². The molecule has 2 unspecified atom stereocenters. The molecule has 1 aliphatic rings. The minimum absolute atomic E-state index is 0.476. The normalized spacial score (nSPS) is 25.5. The molecule has 0 aromatic rings. The van der Waals surface area contributed by atoms with Crippen LogP contribution in [0.5, 0.6) is 0 Å². The lowest BCUT2D eigenvalue weighted by Gasteiger charge is -2.36. The minimum atomic E-state index is -0.724. The average Bonchev–Trinajstić information content (AvgIpc) is 2.73. The van der Waals surface area contributed by atoms with Gasteiger partial charge >= 0.3 is 5.97 Å². The summed E-state index contributed by atoms with van der Waals surface area (Å²) in [6.45, 7) is 7.92. The number of rotatable bonds is 6. The molecule has 0 heterocycles. The van der Waals surface area contributed by atoms with Crippen molar-refractivity contribution in [2.75, 3.05) is 19.6 Å². The highest BCUT2D eigenvalue weighted by atomic mass is 16.4. The second-order valence-corrected chi connectivity index (χ2v) is 5.75. The van der Waals surface area contributed by atoms with Gasteiger partial charge in [0.25, 0.3) is 0 Å². The SMILES string of the molecule is CCN(CC(C)(C)C(=O)O)C1CCCC1CN. The van der Waals surface area contributed by atoms with Gasteiger partial charge in [0.2, 0.25) is 0 Å². The smallest absolute Gasteiger partial charge is 0.310 e. The molecule has 3 N–H and O–H groups in total. The molecular formula is C13H26N2O2. The van der Waals surface area contributed by atoms with Gasteiger partial charge < -0.3 is 10.8 Å². The number of carbonyl (C=O) groups is 1. The van der Waals surface area contributed by atoms with Gasteiger partial charge in [-0.3, -0.25) is 9.69 Å². The Balaban J connectivity index is 2.68. The van der Waals surface area contributed by atoms with Crippen LogP contribution >= 0.6 is 0 Å². The van der Waals surface area contributed by atoms with Crippen molar-refractivity contribution in [2.24, 2.45) is 17.1 Å². The van der Waals surface area contributed by atoms with Crippen molar-refractivity contribution in [3.63, 3.8) is 0 Å². The number of nitrogens with two attached hydrogens (primary N) is 1. The van der Waals surface area contributed by atoms with Gasteiger partial charge in [-0.2, -0.15) is 0 Å². The van der Waals surface area contributed by atoms with Crippen molar-refractivity contribution in [3.8, 4) is 0 Å². The van der Waals surface area contributed by atoms with E-state index in [0.29, 0.717) is 25.0 Å². The maximum Gasteiger partial charge on any atom is 0.310 e. The molecule has 0 aliphatic heterocycles. The van der Waals surface area contributed by atoms with Crippen molar-refractivity contribution < 1.29 is 9.90 Å². The third-order valence-electron chi connectivity index (χ3n) is 3.97. The Morgan fingerprint density at radius 3 is 2.59 bits per heavy atom. The predicted molar refractivity (Wildman–Crippen MR) is 68.8 cm³/mol. The summed E-state index contributed by atoms with van der Waals surface area (Å²) in [6.07, 6.45) is 3.56. The summed E-state index contributed by atoms with van der Waals surface area (Å²) < 4.78 is 0. The van der Waals surface area contributed by atoms with Crippen molar-refractivity contribution in [3.05, 3.63) is 0 Å². The largest absolute Gasteiger partial charge is 0.481 e. The van der Waals surface area contributed by atoms with Gasteiger partial charge in [0, 0.05) is 12.6 Å². The lowest BCUT2D eigenvalue weighted by atomic mass is 9.91. The number of carboxylic acid groups (broad SMARTS) is 1. The van der Waals surface area contributed by atoms with E-state index in [1.165, 1.54) is 12.8 Å². The van der Waals surface area contributed by atoms with Crippen LogP contribution in [-0.4, -0.2) is 41.7 Å². The van der Waals surface area contributed by atoms with E-state index in [2.05, 4.69) is 11.8 Å². The molecule has 0 aromatic carbocycles. The molecule has 100 valence electrons. The van der Waals surface area contributed by atoms with Crippen molar-refractivity contribution in [1.29, 1.82) is 0 Å². The third kappa shape index (κ3) is 3.42. The fraction of sp³-hybridized carbons (Fsp3) is 0.923. The molecular weight excluding hydrogens is 216 g/mol. The zero-order valence-electron chi connectivity index (χ0n) is 11.3. The van der Waals surface area contributed by atoms with Crippen LogP contribution in [0.4, 0.5) is 0 Å². The van der Waals surface area contributed by atoms with Crippen molar-refractivity contribution in [2.45, 2.75) is 46.1 Å². The van der Waals surface area contributed by atoms with Crippen LogP contribution in [0.1, 0.15) is 40.0 Å². The Labute approximate surface area is 104 Å². The van der Waals surface area contributed by atoms with Crippen LogP contribution < -0.4 is 5.73 Å². The highest BCUT2D eigenvalue weighted by Crippen LogP contribution is 2.31. The highest BCUT2D eigenvalue weighted by molar-refractivity contribution is 5.73. The predicted octanol–water partition coefficient (Wildman–Crippen LogP) is 1.55. The van der Waals surface area contributed by atoms with Crippen LogP contribution in [0, 0.1) is 11.3 Å². The van der Waals surface area contributed by atoms with E-state index < -0.39 is 11.4 Å². The highest BCUT2D eigenvalue weighted by Gasteiger charge is 2.36. The first kappa shape index (κ1) is 14.5. The van der Waals surface area contributed by atoms with Crippen LogP contribution in [0.3, 0.4) is 0 Å². The fourth-order valence-electron chi connectivity index (χ4n) is 2.81. The summed E-state index contributed by atoms with van der Waals surface area (Å²) in [7, 11) is 0. The second kappa shape index (κ2) is 5.83. The molecule has 0 aromatic heterocycles. The first-order valence-corrected chi connectivity index (χ1v) is 6.60. The first-order valence-electron chi connectivity index (χ1n) is 6.60. The van der Waals surface area contributed by atoms with E-state index in [1.54, 1.807) is 13.8 Å². The van der Waals surface area contributed by atoms with Crippen molar-refractivity contribution in [1.82, 2.24) is 4.90 Å². The summed E-state index contributed by atoms with van der Waals surface area (Å²) in [4.78, 5) is 13.5. The van der Waals surface area contributed by atoms with E-state index in [0.717, 1.165) is 13.0 Å². The van der Waals surface area contributed by atoms with Gasteiger partial charge in [-0.25, -0.2) is 0 Å². The Kier molecular flexibility index (Phi) is 4.95. The molecule has 0 bridgehead atoms. The number of carboxylic acids is 1. The molecule has 17 heavy (non-hydrogen) atoms. The molecule has 2 atom stereocenters. The van der Waals surface area contributed by atoms with Gasteiger partial charge in [-0.1, -0.05) is 13.3 Å². The van der Waals surface area contributed by atoms with Crippen molar-refractivity contribution >= 4 is 5.97 Å². The minimum Gasteiger partial charge on any atom is -0.481 e. The summed E-state index contributed by atoms with van der Waals surface area (Å²) in [5, 5.41) is 9.20. The van der Waals surface area contributed by atoms with Crippen LogP contribution in [0.2, 0.25) is 0 Å². The van der Waals surface area contributed by atoms with E-state index in [1.807, 2.05) is 0 Å². The van der Waals surface area contributed by atoms with E-state index in [9.17, 15) is 9.90 Å². The standard InChI is InChI=1S/C13H26N2O2/c1-4-15(9-13(2,3)12(16)17)11-7-5-6-10(11)8-14/h10-11H,4-9,14H2,1-3H3,(H,16,17). The number of hydrogen-bond acceptors (Lipinski definition) is 3. The first-order chi connectivity index (χ1) is 7.92. The van der Waals surface area contributed by atoms with Gasteiger partial charge in [0.05, 0.1) is 5.41 Å². The summed E-state index contributed by atoms with van der Waals surface area (Å²) in [5.41, 5.74) is 5.11. The molecule has 1 fully saturated rings. The lowest BCUT2D eigenvalue weighted by molar-refractivity contribution is -0.148. The van der Waals surface area contributed by atoms with Gasteiger partial charge in [0.15, 0.2) is 0 Å². The maximum absolute atomic E-state index is 11.2. The van der Waals surface area contributed by atoms with Crippen LogP contribution in [0.25, 0.3) is 0 Å². The molecule has 0 radical (unpaired) electrons. The van der Waals surface area contributed by atoms with Crippen LogP contribution in [0.15, 0.2) is 0 Å². The van der Waals surface area contributed by atoms with Gasteiger partial charge in [0.1, 0.15) is 0 Å². The molecule has 0 amide bonds. The maximum atomic E-state index is 11.2. The third-order valence-corrected chi connectivity index (χ3v) is 3.97. The number of nitrogens with zero attached hydrogens (tertiary/aromatic N) is 1. The Morgan fingerprint density at radius 2 is 2.12 bits per heavy atom. The molecule has 0 spiro atoms. The molecule has 1 rings (SSSR count). The molecule has 4 nitrogen and oxygen atoms in total. The zero-order valence-corrected chi connectivity index (χ0v) is 11.3. The molecule has 4 heteroatoms. The number of aliphatic carboxylic acids is 1. The Morgan fingerprint density at radius 1 is 1.47 bits per heavy atom. The van der Waals surface area contributed by atoms with Gasteiger partial charge in [-0.05, 0) is 45.7 Å². The molecule has 1 saturated carbocycles. The summed E-state index contributed by atoms with van der Waals surface area (Å²) in [6, 6.07) is 0.476. The Bertz CT molecular complexity index is 266. The van der Waals surface area contributed by atoms with E-state index in [-0.39, 0.29) is 0 Å².